The van der Waals surface area contributed by atoms with Gasteiger partial charge in [0.25, 0.3) is 0 Å². The summed E-state index contributed by atoms with van der Waals surface area (Å²) >= 11 is 0. The minimum atomic E-state index is 0.0249. The number of aromatic nitrogens is 2. The van der Waals surface area contributed by atoms with Crippen molar-refractivity contribution in [2.45, 2.75) is 50.7 Å². The molecule has 2 aliphatic rings. The van der Waals surface area contributed by atoms with Crippen molar-refractivity contribution in [3.8, 4) is 0 Å². The van der Waals surface area contributed by atoms with E-state index >= 15 is 0 Å². The number of benzene rings is 1. The highest BCUT2D eigenvalue weighted by molar-refractivity contribution is 5.79. The van der Waals surface area contributed by atoms with Crippen molar-refractivity contribution in [3.05, 3.63) is 30.5 Å². The lowest BCUT2D eigenvalue weighted by Gasteiger charge is -2.35. The van der Waals surface area contributed by atoms with Crippen molar-refractivity contribution in [1.29, 1.82) is 0 Å². The van der Waals surface area contributed by atoms with Crippen LogP contribution < -0.4 is 11.1 Å². The Kier molecular flexibility index (Phi) is 6.79. The van der Waals surface area contributed by atoms with Crippen LogP contribution in [0.2, 0.25) is 0 Å². The zero-order valence-corrected chi connectivity index (χ0v) is 17.1. The number of rotatable bonds is 6. The SMILES string of the molecule is N[C@H]1CC[C@@H](C(=O)NCCCn2ncc3ccccc32)CN(C2CCOCC2)C1. The second kappa shape index (κ2) is 9.69. The molecule has 2 saturated heterocycles. The molecule has 0 radical (unpaired) electrons. The van der Waals surface area contributed by atoms with Crippen LogP contribution in [-0.2, 0) is 16.1 Å². The fourth-order valence-electron chi connectivity index (χ4n) is 4.61. The fourth-order valence-corrected chi connectivity index (χ4v) is 4.61. The van der Waals surface area contributed by atoms with Gasteiger partial charge in [-0.1, -0.05) is 18.2 Å². The number of likely N-dealkylation sites (tertiary alicyclic amines) is 1. The van der Waals surface area contributed by atoms with Gasteiger partial charge in [0.2, 0.25) is 5.91 Å². The summed E-state index contributed by atoms with van der Waals surface area (Å²) in [6.45, 7) is 4.81. The van der Waals surface area contributed by atoms with Gasteiger partial charge >= 0.3 is 0 Å². The van der Waals surface area contributed by atoms with Crippen molar-refractivity contribution in [2.24, 2.45) is 11.7 Å². The van der Waals surface area contributed by atoms with Gasteiger partial charge in [0.1, 0.15) is 0 Å². The normalized spacial score (nSPS) is 24.4. The van der Waals surface area contributed by atoms with Crippen LogP contribution in [0.5, 0.6) is 0 Å². The minimum Gasteiger partial charge on any atom is -0.381 e. The highest BCUT2D eigenvalue weighted by Crippen LogP contribution is 2.22. The lowest BCUT2D eigenvalue weighted by molar-refractivity contribution is -0.126. The number of hydrogen-bond donors (Lipinski definition) is 2. The standard InChI is InChI=1S/C22H33N5O2/c23-19-7-6-18(15-26(16-19)20-8-12-29-13-9-20)22(28)24-10-3-11-27-21-5-2-1-4-17(21)14-25-27/h1-2,4-5,14,18-20H,3,6-13,15-16,23H2,(H,24,28)/t18-,19+/m1/s1. The molecule has 0 unspecified atom stereocenters. The van der Waals surface area contributed by atoms with E-state index in [1.165, 1.54) is 0 Å². The quantitative estimate of drug-likeness (QED) is 0.723. The van der Waals surface area contributed by atoms with Gasteiger partial charge in [-0.25, -0.2) is 0 Å². The molecule has 0 saturated carbocycles. The van der Waals surface area contributed by atoms with E-state index in [0.29, 0.717) is 12.6 Å². The Morgan fingerprint density at radius 2 is 2.00 bits per heavy atom. The molecule has 1 aromatic carbocycles. The first-order valence-corrected chi connectivity index (χ1v) is 11.0. The number of nitrogens with two attached hydrogens (primary N) is 1. The van der Waals surface area contributed by atoms with Crippen LogP contribution >= 0.6 is 0 Å². The number of aryl methyl sites for hydroxylation is 1. The molecule has 3 N–H and O–H groups in total. The molecule has 1 aromatic heterocycles. The number of nitrogens with zero attached hydrogens (tertiary/aromatic N) is 3. The Labute approximate surface area is 172 Å². The van der Waals surface area contributed by atoms with Crippen molar-refractivity contribution >= 4 is 16.8 Å². The van der Waals surface area contributed by atoms with E-state index in [9.17, 15) is 4.79 Å². The summed E-state index contributed by atoms with van der Waals surface area (Å²) < 4.78 is 7.51. The van der Waals surface area contributed by atoms with E-state index in [-0.39, 0.29) is 17.9 Å². The summed E-state index contributed by atoms with van der Waals surface area (Å²) in [4.78, 5) is 15.3. The molecule has 2 aliphatic heterocycles. The van der Waals surface area contributed by atoms with Gasteiger partial charge in [0.05, 0.1) is 17.6 Å². The summed E-state index contributed by atoms with van der Waals surface area (Å²) in [6, 6.07) is 8.86. The summed E-state index contributed by atoms with van der Waals surface area (Å²) in [5.41, 5.74) is 7.44. The third kappa shape index (κ3) is 5.15. The highest BCUT2D eigenvalue weighted by atomic mass is 16.5. The first-order chi connectivity index (χ1) is 14.2. The van der Waals surface area contributed by atoms with Gasteiger partial charge in [0, 0.05) is 56.9 Å². The van der Waals surface area contributed by atoms with Gasteiger partial charge in [-0.05, 0) is 38.2 Å². The van der Waals surface area contributed by atoms with Crippen LogP contribution in [-0.4, -0.2) is 65.5 Å². The average Bonchev–Trinajstić information content (AvgIpc) is 3.06. The first-order valence-electron chi connectivity index (χ1n) is 11.0. The summed E-state index contributed by atoms with van der Waals surface area (Å²) in [7, 11) is 0. The van der Waals surface area contributed by atoms with Gasteiger partial charge in [0.15, 0.2) is 0 Å². The van der Waals surface area contributed by atoms with Crippen molar-refractivity contribution in [3.63, 3.8) is 0 Å². The van der Waals surface area contributed by atoms with Crippen molar-refractivity contribution < 1.29 is 9.53 Å². The number of carbonyl (C=O) groups excluding carboxylic acids is 1. The number of ether oxygens (including phenoxy) is 1. The first kappa shape index (κ1) is 20.3. The predicted octanol–water partition coefficient (Wildman–Crippen LogP) is 1.76. The Balaban J connectivity index is 1.26. The number of para-hydroxylation sites is 1. The largest absolute Gasteiger partial charge is 0.381 e. The van der Waals surface area contributed by atoms with Crippen molar-refractivity contribution in [1.82, 2.24) is 20.0 Å². The maximum atomic E-state index is 12.8. The zero-order valence-electron chi connectivity index (χ0n) is 17.1. The van der Waals surface area contributed by atoms with Crippen LogP contribution in [0.25, 0.3) is 10.9 Å². The third-order valence-electron chi connectivity index (χ3n) is 6.28. The molecule has 0 bridgehead atoms. The molecular weight excluding hydrogens is 366 g/mol. The summed E-state index contributed by atoms with van der Waals surface area (Å²) in [6.07, 6.45) is 6.63. The van der Waals surface area contributed by atoms with Gasteiger partial charge in [-0.3, -0.25) is 14.4 Å². The van der Waals surface area contributed by atoms with Crippen LogP contribution in [0.3, 0.4) is 0 Å². The Bertz CT molecular complexity index is 801. The fraction of sp³-hybridized carbons (Fsp3) is 0.636. The molecule has 1 amide bonds. The number of carbonyl (C=O) groups is 1. The van der Waals surface area contributed by atoms with E-state index < -0.39 is 0 Å². The van der Waals surface area contributed by atoms with E-state index in [4.69, 9.17) is 10.5 Å². The molecule has 0 spiro atoms. The molecule has 29 heavy (non-hydrogen) atoms. The van der Waals surface area contributed by atoms with Gasteiger partial charge < -0.3 is 15.8 Å². The number of nitrogens with one attached hydrogen (secondary N) is 1. The third-order valence-corrected chi connectivity index (χ3v) is 6.28. The molecule has 4 rings (SSSR count). The number of hydrogen-bond acceptors (Lipinski definition) is 5. The van der Waals surface area contributed by atoms with Gasteiger partial charge in [-0.2, -0.15) is 5.10 Å². The van der Waals surface area contributed by atoms with E-state index in [0.717, 1.165) is 75.9 Å². The van der Waals surface area contributed by atoms with Gasteiger partial charge in [-0.15, -0.1) is 0 Å². The maximum Gasteiger partial charge on any atom is 0.224 e. The molecule has 7 heteroatoms. The molecule has 2 atom stereocenters. The van der Waals surface area contributed by atoms with Crippen LogP contribution in [0.15, 0.2) is 30.5 Å². The monoisotopic (exact) mass is 399 g/mol. The smallest absolute Gasteiger partial charge is 0.224 e. The lowest BCUT2D eigenvalue weighted by atomic mass is 10.0. The zero-order chi connectivity index (χ0) is 20.1. The Morgan fingerprint density at radius 3 is 2.86 bits per heavy atom. The molecule has 0 aliphatic carbocycles. The maximum absolute atomic E-state index is 12.8. The molecular formula is C22H33N5O2. The van der Waals surface area contributed by atoms with E-state index in [1.807, 2.05) is 23.0 Å². The molecule has 2 fully saturated rings. The van der Waals surface area contributed by atoms with E-state index in [2.05, 4.69) is 27.4 Å². The summed E-state index contributed by atoms with van der Waals surface area (Å²) in [5.74, 6) is 0.193. The Hall–Kier alpha value is -1.96. The summed E-state index contributed by atoms with van der Waals surface area (Å²) in [5, 5.41) is 8.77. The second-order valence-electron chi connectivity index (χ2n) is 8.40. The number of fused-ring (bicyclic) bond motifs is 1. The van der Waals surface area contributed by atoms with Crippen molar-refractivity contribution in [2.75, 3.05) is 32.8 Å². The molecule has 158 valence electrons. The highest BCUT2D eigenvalue weighted by Gasteiger charge is 2.31. The topological polar surface area (TPSA) is 85.4 Å². The van der Waals surface area contributed by atoms with E-state index in [1.54, 1.807) is 0 Å². The molecule has 7 nitrogen and oxygen atoms in total. The molecule has 2 aromatic rings. The average molecular weight is 400 g/mol. The Morgan fingerprint density at radius 1 is 1.17 bits per heavy atom. The van der Waals surface area contributed by atoms with Crippen LogP contribution in [0.4, 0.5) is 0 Å². The van der Waals surface area contributed by atoms with Crippen LogP contribution in [0.1, 0.15) is 32.1 Å². The molecule has 3 heterocycles. The predicted molar refractivity (Wildman–Crippen MR) is 113 cm³/mol. The minimum absolute atomic E-state index is 0.0249. The van der Waals surface area contributed by atoms with Crippen LogP contribution in [0, 0.1) is 5.92 Å². The number of amides is 1. The second-order valence-corrected chi connectivity index (χ2v) is 8.40. The lowest BCUT2D eigenvalue weighted by Crippen LogP contribution is -2.47.